The molecular weight excluding hydrogens is 568 g/mol. The molecule has 9 nitrogen and oxygen atoms in total. The number of aryl methyl sites for hydroxylation is 2. The van der Waals surface area contributed by atoms with Gasteiger partial charge in [0.25, 0.3) is 0 Å². The van der Waals surface area contributed by atoms with Crippen molar-refractivity contribution in [2.75, 3.05) is 32.1 Å². The maximum atomic E-state index is 12.4. The van der Waals surface area contributed by atoms with Crippen molar-refractivity contribution in [2.45, 2.75) is 96.6 Å². The zero-order valence-corrected chi connectivity index (χ0v) is 26.5. The average Bonchev–Trinajstić information content (AvgIpc) is 3.33. The highest BCUT2D eigenvalue weighted by Gasteiger charge is 2.33. The van der Waals surface area contributed by atoms with Crippen molar-refractivity contribution < 1.29 is 32.2 Å². The maximum absolute atomic E-state index is 12.4. The highest BCUT2D eigenvalue weighted by atomic mass is 32.2. The average molecular weight is 617 g/mol. The van der Waals surface area contributed by atoms with E-state index in [9.17, 15) is 13.2 Å². The number of nitrogens with zero attached hydrogens (tertiary/aromatic N) is 1. The molecule has 0 radical (unpaired) electrons. The van der Waals surface area contributed by atoms with Crippen LogP contribution >= 0.6 is 0 Å². The molecule has 2 aromatic rings. The molecule has 2 aliphatic rings. The van der Waals surface area contributed by atoms with E-state index in [2.05, 4.69) is 24.3 Å². The van der Waals surface area contributed by atoms with Crippen LogP contribution in [0.1, 0.15) is 93.6 Å². The van der Waals surface area contributed by atoms with Gasteiger partial charge in [-0.1, -0.05) is 43.2 Å². The number of carbonyl (C=O) groups is 1. The molecular formula is C33H48N2O7S. The second-order valence-corrected chi connectivity index (χ2v) is 13.8. The van der Waals surface area contributed by atoms with Gasteiger partial charge in [-0.2, -0.15) is 0 Å². The summed E-state index contributed by atoms with van der Waals surface area (Å²) in [4.78, 5) is 14.2. The van der Waals surface area contributed by atoms with E-state index in [0.29, 0.717) is 26.1 Å². The molecule has 1 atom stereocenters. The van der Waals surface area contributed by atoms with Crippen LogP contribution in [0.25, 0.3) is 0 Å². The van der Waals surface area contributed by atoms with E-state index in [4.69, 9.17) is 24.1 Å². The fourth-order valence-electron chi connectivity index (χ4n) is 5.49. The third-order valence-corrected chi connectivity index (χ3v) is 8.74. The SMILES string of the molecule is CC1(C)OCc2cc([C@@H]3CN(CCCCCCOCCCCc4cccc(CCCCS(N)(=O)=O)c4)C(=O)O3)ccc2O1. The van der Waals surface area contributed by atoms with E-state index in [1.54, 1.807) is 4.90 Å². The Morgan fingerprint density at radius 2 is 1.63 bits per heavy atom. The molecule has 2 heterocycles. The highest BCUT2D eigenvalue weighted by Crippen LogP contribution is 2.35. The van der Waals surface area contributed by atoms with Crippen molar-refractivity contribution in [3.05, 3.63) is 64.7 Å². The number of ether oxygens (including phenoxy) is 4. The van der Waals surface area contributed by atoms with Gasteiger partial charge in [-0.3, -0.25) is 0 Å². The topological polar surface area (TPSA) is 117 Å². The molecule has 238 valence electrons. The summed E-state index contributed by atoms with van der Waals surface area (Å²) in [5, 5.41) is 5.07. The third kappa shape index (κ3) is 11.4. The third-order valence-electron chi connectivity index (χ3n) is 7.88. The van der Waals surface area contributed by atoms with Crippen LogP contribution in [-0.2, 0) is 43.7 Å². The molecule has 0 saturated carbocycles. The van der Waals surface area contributed by atoms with Crippen molar-refractivity contribution in [3.63, 3.8) is 0 Å². The molecule has 0 aliphatic carbocycles. The second-order valence-electron chi connectivity index (χ2n) is 12.1. The van der Waals surface area contributed by atoms with Crippen LogP contribution in [-0.4, -0.2) is 57.3 Å². The standard InChI is InChI=1S/C33H48N2O7S/c1-33(2)40-25-29-23-28(16-17-30(29)42-33)31-24-35(32(36)41-31)18-7-3-4-8-19-39-20-9-5-12-26-14-11-15-27(22-26)13-6-10-21-43(34,37)38/h11,14-17,22-23,31H,3-10,12-13,18-21,24-25H2,1-2H3,(H2,34,37,38)/t31-/m0/s1. The van der Waals surface area contributed by atoms with Gasteiger partial charge in [0.15, 0.2) is 0 Å². The zero-order chi connectivity index (χ0) is 30.7. The molecule has 0 unspecified atom stereocenters. The van der Waals surface area contributed by atoms with E-state index < -0.39 is 15.8 Å². The summed E-state index contributed by atoms with van der Waals surface area (Å²) in [5.74, 6) is 0.239. The first-order valence-electron chi connectivity index (χ1n) is 15.7. The number of primary sulfonamides is 1. The van der Waals surface area contributed by atoms with Crippen molar-refractivity contribution in [1.29, 1.82) is 0 Å². The van der Waals surface area contributed by atoms with Gasteiger partial charge in [-0.25, -0.2) is 18.4 Å². The number of benzene rings is 2. The Morgan fingerprint density at radius 3 is 2.37 bits per heavy atom. The van der Waals surface area contributed by atoms with E-state index >= 15 is 0 Å². The number of fused-ring (bicyclic) bond motifs is 1. The van der Waals surface area contributed by atoms with E-state index in [1.807, 2.05) is 32.0 Å². The summed E-state index contributed by atoms with van der Waals surface area (Å²) in [5.41, 5.74) is 4.51. The van der Waals surface area contributed by atoms with Crippen LogP contribution in [0.3, 0.4) is 0 Å². The molecule has 10 heteroatoms. The largest absolute Gasteiger partial charge is 0.463 e. The van der Waals surface area contributed by atoms with E-state index in [-0.39, 0.29) is 18.0 Å². The summed E-state index contributed by atoms with van der Waals surface area (Å²) >= 11 is 0. The molecule has 43 heavy (non-hydrogen) atoms. The lowest BCUT2D eigenvalue weighted by molar-refractivity contribution is -0.180. The molecule has 1 amide bonds. The Balaban J connectivity index is 1.01. The number of hydrogen-bond donors (Lipinski definition) is 1. The van der Waals surface area contributed by atoms with Gasteiger partial charge in [-0.05, 0) is 80.2 Å². The predicted octanol–water partition coefficient (Wildman–Crippen LogP) is 6.04. The summed E-state index contributed by atoms with van der Waals surface area (Å²) in [6.07, 6.45) is 9.01. The van der Waals surface area contributed by atoms with Crippen molar-refractivity contribution in [1.82, 2.24) is 4.90 Å². The van der Waals surface area contributed by atoms with Crippen molar-refractivity contribution in [3.8, 4) is 5.75 Å². The minimum Gasteiger partial charge on any atom is -0.463 e. The van der Waals surface area contributed by atoms with Gasteiger partial charge in [-0.15, -0.1) is 0 Å². The summed E-state index contributed by atoms with van der Waals surface area (Å²) in [6, 6.07) is 14.5. The molecule has 2 aromatic carbocycles. The van der Waals surface area contributed by atoms with Gasteiger partial charge in [0, 0.05) is 39.2 Å². The monoisotopic (exact) mass is 616 g/mol. The molecule has 1 saturated heterocycles. The van der Waals surface area contributed by atoms with Crippen molar-refractivity contribution in [2.24, 2.45) is 5.14 Å². The minimum atomic E-state index is -3.37. The fraction of sp³-hybridized carbons (Fsp3) is 0.606. The van der Waals surface area contributed by atoms with Crippen LogP contribution in [0.5, 0.6) is 5.75 Å². The number of amides is 1. The van der Waals surface area contributed by atoms with Gasteiger partial charge < -0.3 is 23.8 Å². The van der Waals surface area contributed by atoms with Gasteiger partial charge in [0.2, 0.25) is 15.8 Å². The first-order chi connectivity index (χ1) is 20.6. The smallest absolute Gasteiger partial charge is 0.410 e. The van der Waals surface area contributed by atoms with Crippen LogP contribution < -0.4 is 9.88 Å². The van der Waals surface area contributed by atoms with Gasteiger partial charge in [0.1, 0.15) is 11.9 Å². The lowest BCUT2D eigenvalue weighted by atomic mass is 10.0. The minimum absolute atomic E-state index is 0.0471. The molecule has 4 rings (SSSR count). The number of hydrogen-bond acceptors (Lipinski definition) is 7. The number of cyclic esters (lactones) is 1. The number of nitrogens with two attached hydrogens (primary N) is 1. The molecule has 1 fully saturated rings. The van der Waals surface area contributed by atoms with E-state index in [1.165, 1.54) is 11.1 Å². The lowest BCUT2D eigenvalue weighted by Gasteiger charge is -2.32. The zero-order valence-electron chi connectivity index (χ0n) is 25.7. The number of rotatable bonds is 18. The Kier molecular flexibility index (Phi) is 12.3. The predicted molar refractivity (Wildman–Crippen MR) is 166 cm³/mol. The maximum Gasteiger partial charge on any atom is 0.410 e. The quantitative estimate of drug-likeness (QED) is 0.203. The summed E-state index contributed by atoms with van der Waals surface area (Å²) in [6.45, 7) is 7.09. The molecule has 2 aliphatic heterocycles. The van der Waals surface area contributed by atoms with Crippen LogP contribution in [0.2, 0.25) is 0 Å². The number of carbonyl (C=O) groups excluding carboxylic acids is 1. The van der Waals surface area contributed by atoms with Crippen LogP contribution in [0, 0.1) is 0 Å². The number of sulfonamides is 1. The lowest BCUT2D eigenvalue weighted by Crippen LogP contribution is -2.35. The molecule has 0 bridgehead atoms. The molecule has 0 aromatic heterocycles. The Morgan fingerprint density at radius 1 is 0.930 bits per heavy atom. The Labute approximate surface area is 257 Å². The van der Waals surface area contributed by atoms with Gasteiger partial charge >= 0.3 is 6.09 Å². The summed E-state index contributed by atoms with van der Waals surface area (Å²) < 4.78 is 45.2. The molecule has 2 N–H and O–H groups in total. The summed E-state index contributed by atoms with van der Waals surface area (Å²) in [7, 11) is -3.37. The second kappa shape index (κ2) is 15.9. The van der Waals surface area contributed by atoms with Crippen LogP contribution in [0.15, 0.2) is 42.5 Å². The molecule has 0 spiro atoms. The normalized spacial score (nSPS) is 17.9. The number of unbranched alkanes of at least 4 members (excludes halogenated alkanes) is 5. The van der Waals surface area contributed by atoms with Gasteiger partial charge in [0.05, 0.1) is 18.9 Å². The van der Waals surface area contributed by atoms with E-state index in [0.717, 1.165) is 87.9 Å². The Bertz CT molecular complexity index is 1300. The first kappa shape index (κ1) is 33.2. The first-order valence-corrected chi connectivity index (χ1v) is 17.4. The van der Waals surface area contributed by atoms with Crippen LogP contribution in [0.4, 0.5) is 4.79 Å². The fourth-order valence-corrected chi connectivity index (χ4v) is 6.10. The Hall–Kier alpha value is -2.66. The van der Waals surface area contributed by atoms with Crippen molar-refractivity contribution >= 4 is 16.1 Å². The highest BCUT2D eigenvalue weighted by molar-refractivity contribution is 7.89.